The SMILES string of the molecule is CN1CCCC[C@@H]1CN1CCN(S(=O)(=O)CC2(C#N)CC2)CC1. The third-order valence-electron chi connectivity index (χ3n) is 5.66. The first-order valence-corrected chi connectivity index (χ1v) is 10.4. The van der Waals surface area contributed by atoms with Gasteiger partial charge < -0.3 is 4.90 Å². The molecule has 1 saturated carbocycles. The Labute approximate surface area is 140 Å². The van der Waals surface area contributed by atoms with E-state index in [-0.39, 0.29) is 5.75 Å². The predicted octanol–water partition coefficient (Wildman–Crippen LogP) is 0.722. The lowest BCUT2D eigenvalue weighted by Gasteiger charge is -2.39. The third kappa shape index (κ3) is 4.05. The summed E-state index contributed by atoms with van der Waals surface area (Å²) in [5.74, 6) is 0.0157. The molecule has 6 nitrogen and oxygen atoms in total. The van der Waals surface area contributed by atoms with Crippen molar-refractivity contribution in [1.82, 2.24) is 14.1 Å². The maximum Gasteiger partial charge on any atom is 0.215 e. The van der Waals surface area contributed by atoms with Crippen LogP contribution in [0.5, 0.6) is 0 Å². The van der Waals surface area contributed by atoms with Gasteiger partial charge in [-0.05, 0) is 39.3 Å². The Hall–Kier alpha value is -0.680. The second-order valence-electron chi connectivity index (χ2n) is 7.48. The average molecular weight is 340 g/mol. The highest BCUT2D eigenvalue weighted by atomic mass is 32.2. The largest absolute Gasteiger partial charge is 0.302 e. The molecule has 0 aromatic carbocycles. The number of hydrogen-bond acceptors (Lipinski definition) is 5. The molecule has 2 heterocycles. The van der Waals surface area contributed by atoms with Crippen molar-refractivity contribution in [2.75, 3.05) is 52.1 Å². The number of likely N-dealkylation sites (N-methyl/N-ethyl adjacent to an activating group) is 1. The molecule has 0 amide bonds. The highest BCUT2D eigenvalue weighted by Crippen LogP contribution is 2.46. The predicted molar refractivity (Wildman–Crippen MR) is 89.3 cm³/mol. The van der Waals surface area contributed by atoms with Crippen LogP contribution in [0.4, 0.5) is 0 Å². The molecule has 0 N–H and O–H groups in total. The van der Waals surface area contributed by atoms with Gasteiger partial charge in [-0.1, -0.05) is 6.42 Å². The van der Waals surface area contributed by atoms with E-state index in [1.54, 1.807) is 4.31 Å². The van der Waals surface area contributed by atoms with E-state index in [0.717, 1.165) is 32.5 Å². The molecule has 0 aromatic rings. The summed E-state index contributed by atoms with van der Waals surface area (Å²) in [5, 5.41) is 9.12. The highest BCUT2D eigenvalue weighted by Gasteiger charge is 2.48. The van der Waals surface area contributed by atoms with Gasteiger partial charge in [0.25, 0.3) is 0 Å². The van der Waals surface area contributed by atoms with Crippen molar-refractivity contribution in [3.63, 3.8) is 0 Å². The van der Waals surface area contributed by atoms with Gasteiger partial charge in [-0.2, -0.15) is 9.57 Å². The summed E-state index contributed by atoms with van der Waals surface area (Å²) in [6.45, 7) is 4.98. The maximum absolute atomic E-state index is 12.5. The number of likely N-dealkylation sites (tertiary alicyclic amines) is 1. The van der Waals surface area contributed by atoms with Crippen LogP contribution in [-0.2, 0) is 10.0 Å². The number of rotatable bonds is 5. The Bertz CT molecular complexity index is 559. The second kappa shape index (κ2) is 6.67. The first-order chi connectivity index (χ1) is 10.9. The number of nitriles is 1. The van der Waals surface area contributed by atoms with Crippen molar-refractivity contribution in [3.05, 3.63) is 0 Å². The molecular formula is C16H28N4O2S. The lowest BCUT2D eigenvalue weighted by Crippen LogP contribution is -2.53. The zero-order valence-corrected chi connectivity index (χ0v) is 14.9. The van der Waals surface area contributed by atoms with Gasteiger partial charge in [0.15, 0.2) is 0 Å². The number of nitrogens with zero attached hydrogens (tertiary/aromatic N) is 4. The number of hydrogen-bond donors (Lipinski definition) is 0. The van der Waals surface area contributed by atoms with Crippen LogP contribution in [0, 0.1) is 16.7 Å². The minimum Gasteiger partial charge on any atom is -0.302 e. The van der Waals surface area contributed by atoms with Gasteiger partial charge in [-0.15, -0.1) is 0 Å². The molecule has 1 atom stereocenters. The van der Waals surface area contributed by atoms with Crippen LogP contribution in [0.15, 0.2) is 0 Å². The summed E-state index contributed by atoms with van der Waals surface area (Å²) >= 11 is 0. The molecule has 3 fully saturated rings. The fourth-order valence-electron chi connectivity index (χ4n) is 3.74. The Morgan fingerprint density at radius 1 is 1.13 bits per heavy atom. The molecule has 2 aliphatic heterocycles. The van der Waals surface area contributed by atoms with Crippen LogP contribution in [0.2, 0.25) is 0 Å². The molecule has 2 saturated heterocycles. The molecule has 1 aliphatic carbocycles. The summed E-state index contributed by atoms with van der Waals surface area (Å²) in [5.41, 5.74) is -0.583. The minimum atomic E-state index is -3.28. The second-order valence-corrected chi connectivity index (χ2v) is 9.45. The fraction of sp³-hybridized carbons (Fsp3) is 0.938. The zero-order chi connectivity index (χ0) is 16.5. The molecular weight excluding hydrogens is 312 g/mol. The lowest BCUT2D eigenvalue weighted by atomic mass is 10.0. The minimum absolute atomic E-state index is 0.0157. The molecule has 0 spiro atoms. The monoisotopic (exact) mass is 340 g/mol. The molecule has 130 valence electrons. The standard InChI is InChI=1S/C16H28N4O2S/c1-18-7-3-2-4-15(18)12-19-8-10-20(11-9-19)23(21,22)14-16(13-17)5-6-16/h15H,2-12,14H2,1H3/t15-/m1/s1. The van der Waals surface area contributed by atoms with Crippen LogP contribution in [0.25, 0.3) is 0 Å². The molecule has 3 rings (SSSR count). The Kier molecular flexibility index (Phi) is 4.98. The maximum atomic E-state index is 12.5. The third-order valence-corrected chi connectivity index (χ3v) is 7.73. The topological polar surface area (TPSA) is 67.7 Å². The first-order valence-electron chi connectivity index (χ1n) is 8.76. The van der Waals surface area contributed by atoms with E-state index in [0.29, 0.717) is 19.1 Å². The van der Waals surface area contributed by atoms with Crippen LogP contribution in [0.1, 0.15) is 32.1 Å². The molecule has 7 heteroatoms. The van der Waals surface area contributed by atoms with Gasteiger partial charge in [-0.25, -0.2) is 8.42 Å². The molecule has 0 bridgehead atoms. The number of piperidine rings is 1. The zero-order valence-electron chi connectivity index (χ0n) is 14.1. The van der Waals surface area contributed by atoms with Crippen LogP contribution < -0.4 is 0 Å². The van der Waals surface area contributed by atoms with Gasteiger partial charge >= 0.3 is 0 Å². The van der Waals surface area contributed by atoms with Crippen molar-refractivity contribution >= 4 is 10.0 Å². The molecule has 0 aromatic heterocycles. The van der Waals surface area contributed by atoms with E-state index in [1.807, 2.05) is 0 Å². The molecule has 0 unspecified atom stereocenters. The normalized spacial score (nSPS) is 30.0. The smallest absolute Gasteiger partial charge is 0.215 e. The fourth-order valence-corrected chi connectivity index (χ4v) is 5.70. The van der Waals surface area contributed by atoms with Crippen LogP contribution >= 0.6 is 0 Å². The van der Waals surface area contributed by atoms with Crippen LogP contribution in [0.3, 0.4) is 0 Å². The van der Waals surface area contributed by atoms with Crippen molar-refractivity contribution in [1.29, 1.82) is 5.26 Å². The van der Waals surface area contributed by atoms with Crippen molar-refractivity contribution in [2.45, 2.75) is 38.1 Å². The van der Waals surface area contributed by atoms with E-state index in [1.165, 1.54) is 25.8 Å². The number of sulfonamides is 1. The highest BCUT2D eigenvalue weighted by molar-refractivity contribution is 7.89. The summed E-state index contributed by atoms with van der Waals surface area (Å²) in [6, 6.07) is 2.80. The van der Waals surface area contributed by atoms with Crippen molar-refractivity contribution in [2.24, 2.45) is 5.41 Å². The van der Waals surface area contributed by atoms with E-state index in [4.69, 9.17) is 5.26 Å². The van der Waals surface area contributed by atoms with E-state index < -0.39 is 15.4 Å². The molecule has 3 aliphatic rings. The van der Waals surface area contributed by atoms with Crippen LogP contribution in [-0.4, -0.2) is 80.6 Å². The van der Waals surface area contributed by atoms with E-state index in [9.17, 15) is 8.42 Å². The van der Waals surface area contributed by atoms with E-state index in [2.05, 4.69) is 22.9 Å². The Balaban J connectivity index is 1.49. The van der Waals surface area contributed by atoms with Gasteiger partial charge in [0.2, 0.25) is 10.0 Å². The quantitative estimate of drug-likeness (QED) is 0.738. The Morgan fingerprint density at radius 3 is 2.39 bits per heavy atom. The summed E-state index contributed by atoms with van der Waals surface area (Å²) in [7, 11) is -1.09. The summed E-state index contributed by atoms with van der Waals surface area (Å²) < 4.78 is 26.6. The Morgan fingerprint density at radius 2 is 1.83 bits per heavy atom. The lowest BCUT2D eigenvalue weighted by molar-refractivity contribution is 0.106. The van der Waals surface area contributed by atoms with Crippen molar-refractivity contribution < 1.29 is 8.42 Å². The first kappa shape index (κ1) is 17.2. The summed E-state index contributed by atoms with van der Waals surface area (Å²) in [6.07, 6.45) is 5.31. The molecule has 0 radical (unpaired) electrons. The van der Waals surface area contributed by atoms with Crippen molar-refractivity contribution in [3.8, 4) is 6.07 Å². The van der Waals surface area contributed by atoms with E-state index >= 15 is 0 Å². The van der Waals surface area contributed by atoms with Gasteiger partial charge in [0, 0.05) is 38.8 Å². The van der Waals surface area contributed by atoms with Gasteiger partial charge in [0.1, 0.15) is 0 Å². The van der Waals surface area contributed by atoms with Gasteiger partial charge in [-0.3, -0.25) is 4.90 Å². The average Bonchev–Trinajstić information content (AvgIpc) is 3.30. The van der Waals surface area contributed by atoms with Gasteiger partial charge in [0.05, 0.1) is 17.2 Å². The molecule has 23 heavy (non-hydrogen) atoms. The summed E-state index contributed by atoms with van der Waals surface area (Å²) in [4.78, 5) is 4.84. The number of piperazine rings is 1.